The van der Waals surface area contributed by atoms with Gasteiger partial charge in [0.2, 0.25) is 5.70 Å². The number of rotatable bonds is 2. The molecule has 4 heteroatoms. The van der Waals surface area contributed by atoms with Gasteiger partial charge in [-0.15, -0.1) is 22.7 Å². The maximum atomic E-state index is 9.75. The predicted octanol–water partition coefficient (Wildman–Crippen LogP) is 5.97. The molecule has 0 unspecified atom stereocenters. The summed E-state index contributed by atoms with van der Waals surface area (Å²) < 4.78 is 0. The molecule has 0 aliphatic heterocycles. The van der Waals surface area contributed by atoms with Gasteiger partial charge in [0.15, 0.2) is 0 Å². The van der Waals surface area contributed by atoms with Crippen LogP contribution in [0.1, 0.15) is 41.8 Å². The minimum atomic E-state index is 0.492. The van der Waals surface area contributed by atoms with Crippen LogP contribution in [-0.2, 0) is 0 Å². The van der Waals surface area contributed by atoms with Gasteiger partial charge >= 0.3 is 0 Å². The van der Waals surface area contributed by atoms with Gasteiger partial charge in [0.1, 0.15) is 0 Å². The molecule has 0 amide bonds. The molecule has 0 aliphatic rings. The zero-order valence-electron chi connectivity index (χ0n) is 13.7. The Labute approximate surface area is 140 Å². The van der Waals surface area contributed by atoms with E-state index in [2.05, 4.69) is 24.8 Å². The van der Waals surface area contributed by atoms with Crippen LogP contribution in [0, 0.1) is 59.4 Å². The lowest BCUT2D eigenvalue weighted by molar-refractivity contribution is 1.37. The lowest BCUT2D eigenvalue weighted by Crippen LogP contribution is -1.93. The first-order chi connectivity index (χ1) is 10.3. The molecule has 0 saturated heterocycles. The van der Waals surface area contributed by atoms with Gasteiger partial charge in [-0.25, -0.2) is 4.85 Å². The maximum Gasteiger partial charge on any atom is 0.213 e. The minimum absolute atomic E-state index is 0.492. The van der Waals surface area contributed by atoms with Gasteiger partial charge in [-0.2, -0.15) is 5.26 Å². The SMILES string of the molecule is [C-]#[N+]C(=C(C#N)c1c(C)sc(C)c1C)c1c(C)sc(C)c1C. The average Bonchev–Trinajstić information content (AvgIpc) is 2.86. The van der Waals surface area contributed by atoms with E-state index in [1.54, 1.807) is 22.7 Å². The molecule has 0 radical (unpaired) electrons. The van der Waals surface area contributed by atoms with E-state index < -0.39 is 0 Å². The highest BCUT2D eigenvalue weighted by molar-refractivity contribution is 7.12. The van der Waals surface area contributed by atoms with E-state index in [4.69, 9.17) is 6.57 Å². The summed E-state index contributed by atoms with van der Waals surface area (Å²) in [7, 11) is 0. The molecule has 112 valence electrons. The van der Waals surface area contributed by atoms with Crippen LogP contribution in [-0.4, -0.2) is 0 Å². The molecule has 0 saturated carbocycles. The van der Waals surface area contributed by atoms with Gasteiger partial charge in [-0.1, -0.05) is 0 Å². The van der Waals surface area contributed by atoms with Gasteiger partial charge < -0.3 is 0 Å². The Balaban J connectivity index is 2.87. The van der Waals surface area contributed by atoms with Crippen molar-refractivity contribution in [2.24, 2.45) is 0 Å². The van der Waals surface area contributed by atoms with E-state index in [1.807, 2.05) is 27.7 Å². The molecule has 2 nitrogen and oxygen atoms in total. The average molecular weight is 326 g/mol. The number of nitriles is 1. The summed E-state index contributed by atoms with van der Waals surface area (Å²) in [5, 5.41) is 9.75. The van der Waals surface area contributed by atoms with E-state index in [-0.39, 0.29) is 0 Å². The molecule has 2 heterocycles. The molecule has 2 aromatic heterocycles. The third-order valence-corrected chi connectivity index (χ3v) is 6.32. The number of nitrogens with zero attached hydrogens (tertiary/aromatic N) is 2. The molecule has 2 aromatic rings. The van der Waals surface area contributed by atoms with Crippen molar-refractivity contribution in [1.82, 2.24) is 0 Å². The second kappa shape index (κ2) is 6.08. The van der Waals surface area contributed by atoms with E-state index in [0.717, 1.165) is 32.0 Å². The summed E-state index contributed by atoms with van der Waals surface area (Å²) in [6.45, 7) is 19.9. The minimum Gasteiger partial charge on any atom is -0.236 e. The second-order valence-corrected chi connectivity index (χ2v) is 8.23. The Hall–Kier alpha value is -1.88. The Bertz CT molecular complexity index is 792. The van der Waals surface area contributed by atoms with Crippen LogP contribution in [0.3, 0.4) is 0 Å². The van der Waals surface area contributed by atoms with Crippen molar-refractivity contribution in [2.45, 2.75) is 41.5 Å². The molecule has 2 rings (SSSR count). The quantitative estimate of drug-likeness (QED) is 0.493. The highest BCUT2D eigenvalue weighted by Crippen LogP contribution is 2.40. The van der Waals surface area contributed by atoms with Crippen molar-refractivity contribution >= 4 is 33.9 Å². The van der Waals surface area contributed by atoms with Crippen LogP contribution in [0.4, 0.5) is 0 Å². The molecule has 0 aliphatic carbocycles. The molecule has 0 aromatic carbocycles. The summed E-state index contributed by atoms with van der Waals surface area (Å²) in [4.78, 5) is 8.38. The van der Waals surface area contributed by atoms with Gasteiger partial charge in [0.25, 0.3) is 0 Å². The first-order valence-corrected chi connectivity index (χ1v) is 8.62. The standard InChI is InChI=1S/C18H18N2S2/c1-9-11(3)21-13(5)16(9)15(8-19)18(20-7)17-10(2)12(4)22-14(17)6/h1-6H3. The largest absolute Gasteiger partial charge is 0.236 e. The van der Waals surface area contributed by atoms with Crippen LogP contribution in [0.5, 0.6) is 0 Å². The van der Waals surface area contributed by atoms with Gasteiger partial charge in [0.05, 0.1) is 18.2 Å². The maximum absolute atomic E-state index is 9.75. The summed E-state index contributed by atoms with van der Waals surface area (Å²) in [6.07, 6.45) is 0. The van der Waals surface area contributed by atoms with Crippen LogP contribution in [0.2, 0.25) is 0 Å². The van der Waals surface area contributed by atoms with E-state index in [9.17, 15) is 5.26 Å². The Kier molecular flexibility index (Phi) is 4.56. The lowest BCUT2D eigenvalue weighted by Gasteiger charge is -2.07. The van der Waals surface area contributed by atoms with Crippen LogP contribution in [0.15, 0.2) is 0 Å². The number of hydrogen-bond donors (Lipinski definition) is 0. The molecule has 0 fully saturated rings. The zero-order valence-corrected chi connectivity index (χ0v) is 15.3. The lowest BCUT2D eigenvalue weighted by atomic mass is 9.96. The summed E-state index contributed by atoms with van der Waals surface area (Å²) in [5.74, 6) is 0. The normalized spacial score (nSPS) is 11.8. The molecule has 0 bridgehead atoms. The van der Waals surface area contributed by atoms with Gasteiger partial charge in [-0.3, -0.25) is 0 Å². The van der Waals surface area contributed by atoms with E-state index in [1.165, 1.54) is 9.75 Å². The van der Waals surface area contributed by atoms with Crippen molar-refractivity contribution in [3.05, 3.63) is 53.2 Å². The fourth-order valence-corrected chi connectivity index (χ4v) is 4.90. The van der Waals surface area contributed by atoms with Crippen molar-refractivity contribution in [3.8, 4) is 6.07 Å². The second-order valence-electron chi connectivity index (χ2n) is 5.38. The van der Waals surface area contributed by atoms with Crippen molar-refractivity contribution in [2.75, 3.05) is 0 Å². The first-order valence-electron chi connectivity index (χ1n) is 6.99. The summed E-state index contributed by atoms with van der Waals surface area (Å²) in [6, 6.07) is 2.30. The first kappa shape index (κ1) is 16.5. The molecule has 0 N–H and O–H groups in total. The zero-order chi connectivity index (χ0) is 16.6. The molecule has 0 atom stereocenters. The highest BCUT2D eigenvalue weighted by Gasteiger charge is 2.22. The van der Waals surface area contributed by atoms with Crippen molar-refractivity contribution in [3.63, 3.8) is 0 Å². The number of allylic oxidation sites excluding steroid dienone is 1. The Morgan fingerprint density at radius 1 is 0.864 bits per heavy atom. The fourth-order valence-electron chi connectivity index (χ4n) is 2.77. The van der Waals surface area contributed by atoms with Crippen LogP contribution in [0.25, 0.3) is 16.1 Å². The highest BCUT2D eigenvalue weighted by atomic mass is 32.1. The van der Waals surface area contributed by atoms with E-state index in [0.29, 0.717) is 11.3 Å². The van der Waals surface area contributed by atoms with Gasteiger partial charge in [0, 0.05) is 14.6 Å². The van der Waals surface area contributed by atoms with Crippen molar-refractivity contribution < 1.29 is 0 Å². The van der Waals surface area contributed by atoms with Crippen LogP contribution >= 0.6 is 22.7 Å². The molecule has 0 spiro atoms. The van der Waals surface area contributed by atoms with Crippen molar-refractivity contribution in [1.29, 1.82) is 5.26 Å². The summed E-state index contributed by atoms with van der Waals surface area (Å²) >= 11 is 3.38. The topological polar surface area (TPSA) is 28.1 Å². The molecular weight excluding hydrogens is 308 g/mol. The molecule has 22 heavy (non-hydrogen) atoms. The smallest absolute Gasteiger partial charge is 0.213 e. The Morgan fingerprint density at radius 2 is 1.32 bits per heavy atom. The predicted molar refractivity (Wildman–Crippen MR) is 96.1 cm³/mol. The fraction of sp³-hybridized carbons (Fsp3) is 0.333. The number of thiophene rings is 2. The van der Waals surface area contributed by atoms with Gasteiger partial charge in [-0.05, 0) is 68.7 Å². The number of hydrogen-bond acceptors (Lipinski definition) is 3. The Morgan fingerprint density at radius 3 is 1.64 bits per heavy atom. The third kappa shape index (κ3) is 2.50. The third-order valence-electron chi connectivity index (χ3n) is 4.07. The monoisotopic (exact) mass is 326 g/mol. The number of aryl methyl sites for hydroxylation is 4. The van der Waals surface area contributed by atoms with Crippen LogP contribution < -0.4 is 0 Å². The summed E-state index contributed by atoms with van der Waals surface area (Å²) in [5.41, 5.74) is 5.12. The van der Waals surface area contributed by atoms with E-state index >= 15 is 0 Å². The molecular formula is C18H18N2S2.